The number of carbonyl (C=O) groups is 1. The number of hydrogen-bond donors (Lipinski definition) is 2. The van der Waals surface area contributed by atoms with Crippen LogP contribution in [0.3, 0.4) is 0 Å². The molecule has 0 saturated carbocycles. The van der Waals surface area contributed by atoms with E-state index >= 15 is 0 Å². The van der Waals surface area contributed by atoms with Gasteiger partial charge < -0.3 is 10.6 Å². The molecule has 1 aliphatic rings. The van der Waals surface area contributed by atoms with Gasteiger partial charge in [0.1, 0.15) is 0 Å². The molecule has 3 rings (SSSR count). The van der Waals surface area contributed by atoms with Crippen molar-refractivity contribution in [3.05, 3.63) is 52.3 Å². The topological polar surface area (TPSA) is 75.0 Å². The second kappa shape index (κ2) is 5.09. The van der Waals surface area contributed by atoms with Crippen LogP contribution in [0.1, 0.15) is 32.7 Å². The summed E-state index contributed by atoms with van der Waals surface area (Å²) in [5.74, 6) is -0.438. The molecule has 5 nitrogen and oxygen atoms in total. The lowest BCUT2D eigenvalue weighted by molar-refractivity contribution is 0.0999. The smallest absolute Gasteiger partial charge is 0.252 e. The van der Waals surface area contributed by atoms with E-state index in [-0.39, 0.29) is 0 Å². The molecule has 0 atom stereocenters. The average Bonchev–Trinajstić information content (AvgIpc) is 2.86. The normalized spacial score (nSPS) is 15.1. The second-order valence-corrected chi connectivity index (χ2v) is 5.38. The molecule has 104 valence electrons. The van der Waals surface area contributed by atoms with Gasteiger partial charge in [-0.05, 0) is 30.2 Å². The minimum Gasteiger partial charge on any atom is -0.365 e. The fraction of sp³-hybridized carbons (Fsp3) is 0.333. The Morgan fingerprint density at radius 2 is 2.30 bits per heavy atom. The van der Waals surface area contributed by atoms with Crippen molar-refractivity contribution in [3.63, 3.8) is 0 Å². The zero-order valence-corrected chi connectivity index (χ0v) is 11.5. The molecule has 1 amide bonds. The molecule has 0 radical (unpaired) electrons. The van der Waals surface area contributed by atoms with Gasteiger partial charge in [-0.15, -0.1) is 0 Å². The number of likely N-dealkylation sites (N-methyl/N-ethyl adjacent to an activating group) is 1. The van der Waals surface area contributed by atoms with Crippen molar-refractivity contribution in [1.82, 2.24) is 15.1 Å². The van der Waals surface area contributed by atoms with Crippen molar-refractivity contribution in [2.45, 2.75) is 19.4 Å². The number of carbonyl (C=O) groups excluding carboxylic acids is 1. The van der Waals surface area contributed by atoms with Crippen LogP contribution in [0.15, 0.2) is 24.4 Å². The van der Waals surface area contributed by atoms with Gasteiger partial charge in [-0.3, -0.25) is 9.89 Å². The van der Waals surface area contributed by atoms with E-state index in [0.29, 0.717) is 17.7 Å². The van der Waals surface area contributed by atoms with Crippen molar-refractivity contribution in [3.8, 4) is 0 Å². The lowest BCUT2D eigenvalue weighted by Gasteiger charge is -2.25. The van der Waals surface area contributed by atoms with Crippen LogP contribution in [0.5, 0.6) is 0 Å². The zero-order valence-electron chi connectivity index (χ0n) is 11.5. The second-order valence-electron chi connectivity index (χ2n) is 5.38. The summed E-state index contributed by atoms with van der Waals surface area (Å²) in [6, 6.07) is 6.52. The van der Waals surface area contributed by atoms with Crippen LogP contribution in [-0.4, -0.2) is 34.6 Å². The van der Waals surface area contributed by atoms with E-state index in [1.54, 1.807) is 6.20 Å². The van der Waals surface area contributed by atoms with Gasteiger partial charge >= 0.3 is 0 Å². The SMILES string of the molecule is CN1CCc2ccc(Cc3n[nH]cc3C(N)=O)cc2C1. The van der Waals surface area contributed by atoms with Gasteiger partial charge in [0, 0.05) is 25.7 Å². The molecular weight excluding hydrogens is 252 g/mol. The standard InChI is InChI=1S/C15H18N4O/c1-19-5-4-11-3-2-10(6-12(11)9-19)7-14-13(15(16)20)8-17-18-14/h2-3,6,8H,4-5,7,9H2,1H3,(H2,16,20)(H,17,18). The summed E-state index contributed by atoms with van der Waals surface area (Å²) < 4.78 is 0. The van der Waals surface area contributed by atoms with Gasteiger partial charge in [0.25, 0.3) is 5.91 Å². The molecule has 0 bridgehead atoms. The number of aromatic nitrogens is 2. The first-order valence-corrected chi connectivity index (χ1v) is 6.75. The highest BCUT2D eigenvalue weighted by Crippen LogP contribution is 2.21. The fourth-order valence-corrected chi connectivity index (χ4v) is 2.72. The highest BCUT2D eigenvalue weighted by molar-refractivity contribution is 5.93. The largest absolute Gasteiger partial charge is 0.365 e. The van der Waals surface area contributed by atoms with Crippen LogP contribution >= 0.6 is 0 Å². The van der Waals surface area contributed by atoms with E-state index < -0.39 is 5.91 Å². The Kier molecular flexibility index (Phi) is 3.28. The molecular formula is C15H18N4O. The van der Waals surface area contributed by atoms with Crippen LogP contribution in [0, 0.1) is 0 Å². The number of nitrogens with two attached hydrogens (primary N) is 1. The number of nitrogens with one attached hydrogen (secondary N) is 1. The maximum atomic E-state index is 11.3. The Balaban J connectivity index is 1.86. The molecule has 20 heavy (non-hydrogen) atoms. The molecule has 2 heterocycles. The minimum atomic E-state index is -0.438. The van der Waals surface area contributed by atoms with Crippen molar-refractivity contribution in [1.29, 1.82) is 0 Å². The number of nitrogens with zero attached hydrogens (tertiary/aromatic N) is 2. The van der Waals surface area contributed by atoms with Crippen LogP contribution in [0.25, 0.3) is 0 Å². The zero-order chi connectivity index (χ0) is 14.1. The molecule has 3 N–H and O–H groups in total. The van der Waals surface area contributed by atoms with Crippen molar-refractivity contribution < 1.29 is 4.79 Å². The summed E-state index contributed by atoms with van der Waals surface area (Å²) in [7, 11) is 2.13. The van der Waals surface area contributed by atoms with Gasteiger partial charge in [-0.25, -0.2) is 0 Å². The van der Waals surface area contributed by atoms with Gasteiger partial charge in [0.2, 0.25) is 0 Å². The monoisotopic (exact) mass is 270 g/mol. The van der Waals surface area contributed by atoms with Crippen molar-refractivity contribution in [2.75, 3.05) is 13.6 Å². The Morgan fingerprint density at radius 1 is 1.45 bits per heavy atom. The third-order valence-corrected chi connectivity index (χ3v) is 3.83. The minimum absolute atomic E-state index is 0.438. The predicted octanol–water partition coefficient (Wildman–Crippen LogP) is 1.09. The van der Waals surface area contributed by atoms with Gasteiger partial charge in [0.15, 0.2) is 0 Å². The van der Waals surface area contributed by atoms with E-state index in [4.69, 9.17) is 5.73 Å². The van der Waals surface area contributed by atoms with Gasteiger partial charge in [-0.1, -0.05) is 18.2 Å². The van der Waals surface area contributed by atoms with E-state index in [9.17, 15) is 4.79 Å². The maximum Gasteiger partial charge on any atom is 0.252 e. The Bertz CT molecular complexity index is 647. The molecule has 2 aromatic rings. The molecule has 1 aromatic carbocycles. The highest BCUT2D eigenvalue weighted by atomic mass is 16.1. The van der Waals surface area contributed by atoms with Crippen LogP contribution in [0.4, 0.5) is 0 Å². The molecule has 1 aliphatic heterocycles. The van der Waals surface area contributed by atoms with E-state index in [2.05, 4.69) is 40.3 Å². The number of primary amides is 1. The van der Waals surface area contributed by atoms with E-state index in [0.717, 1.165) is 25.1 Å². The third kappa shape index (κ3) is 2.44. The van der Waals surface area contributed by atoms with E-state index in [1.807, 2.05) is 0 Å². The van der Waals surface area contributed by atoms with Gasteiger partial charge in [0.05, 0.1) is 11.3 Å². The first-order valence-electron chi connectivity index (χ1n) is 6.75. The highest BCUT2D eigenvalue weighted by Gasteiger charge is 2.15. The number of benzene rings is 1. The third-order valence-electron chi connectivity index (χ3n) is 3.83. The average molecular weight is 270 g/mol. The Hall–Kier alpha value is -2.14. The summed E-state index contributed by atoms with van der Waals surface area (Å²) in [6.45, 7) is 2.09. The Morgan fingerprint density at radius 3 is 3.10 bits per heavy atom. The summed E-state index contributed by atoms with van der Waals surface area (Å²) >= 11 is 0. The van der Waals surface area contributed by atoms with Crippen LogP contribution in [-0.2, 0) is 19.4 Å². The Labute approximate surface area is 117 Å². The molecule has 5 heteroatoms. The van der Waals surface area contributed by atoms with Crippen molar-refractivity contribution >= 4 is 5.91 Å². The first kappa shape index (κ1) is 12.9. The maximum absolute atomic E-state index is 11.3. The molecule has 0 aliphatic carbocycles. The number of H-pyrrole nitrogens is 1. The number of fused-ring (bicyclic) bond motifs is 1. The van der Waals surface area contributed by atoms with Crippen LogP contribution < -0.4 is 5.73 Å². The summed E-state index contributed by atoms with van der Waals surface area (Å²) in [4.78, 5) is 13.6. The number of hydrogen-bond acceptors (Lipinski definition) is 3. The van der Waals surface area contributed by atoms with Gasteiger partial charge in [-0.2, -0.15) is 5.10 Å². The summed E-state index contributed by atoms with van der Waals surface area (Å²) in [6.07, 6.45) is 3.28. The lowest BCUT2D eigenvalue weighted by Crippen LogP contribution is -2.26. The molecule has 0 unspecified atom stereocenters. The van der Waals surface area contributed by atoms with E-state index in [1.165, 1.54) is 11.1 Å². The molecule has 0 saturated heterocycles. The first-order chi connectivity index (χ1) is 9.63. The van der Waals surface area contributed by atoms with Crippen molar-refractivity contribution in [2.24, 2.45) is 5.73 Å². The molecule has 0 fully saturated rings. The summed E-state index contributed by atoms with van der Waals surface area (Å²) in [5, 5.41) is 6.83. The predicted molar refractivity (Wildman–Crippen MR) is 76.4 cm³/mol. The number of amides is 1. The number of aromatic amines is 1. The molecule has 1 aromatic heterocycles. The fourth-order valence-electron chi connectivity index (χ4n) is 2.72. The lowest BCUT2D eigenvalue weighted by atomic mass is 9.95. The van der Waals surface area contributed by atoms with Crippen LogP contribution in [0.2, 0.25) is 0 Å². The summed E-state index contributed by atoms with van der Waals surface area (Å²) in [5.41, 5.74) is 10.5. The molecule has 0 spiro atoms. The quantitative estimate of drug-likeness (QED) is 0.876. The number of rotatable bonds is 3.